The number of carbonyl (C=O) groups excluding carboxylic acids is 1. The van der Waals surface area contributed by atoms with Crippen LogP contribution in [0.25, 0.3) is 0 Å². The highest BCUT2D eigenvalue weighted by molar-refractivity contribution is 5.89. The van der Waals surface area contributed by atoms with Gasteiger partial charge in [-0.1, -0.05) is 6.07 Å². The van der Waals surface area contributed by atoms with Crippen LogP contribution in [-0.2, 0) is 17.6 Å². The molecule has 0 saturated carbocycles. The summed E-state index contributed by atoms with van der Waals surface area (Å²) >= 11 is 0. The Labute approximate surface area is 117 Å². The van der Waals surface area contributed by atoms with Crippen molar-refractivity contribution in [3.63, 3.8) is 0 Å². The molecule has 1 N–H and O–H groups in total. The summed E-state index contributed by atoms with van der Waals surface area (Å²) in [6.45, 7) is 1.19. The summed E-state index contributed by atoms with van der Waals surface area (Å²) in [4.78, 5) is 24.1. The number of amides is 1. The zero-order valence-corrected chi connectivity index (χ0v) is 11.4. The zero-order chi connectivity index (χ0) is 14.3. The summed E-state index contributed by atoms with van der Waals surface area (Å²) in [7, 11) is 1.37. The summed E-state index contributed by atoms with van der Waals surface area (Å²) in [5, 5.41) is 9.09. The van der Waals surface area contributed by atoms with E-state index in [0.717, 1.165) is 24.8 Å². The van der Waals surface area contributed by atoms with Gasteiger partial charge >= 0.3 is 12.1 Å². The minimum atomic E-state index is -0.840. The number of ether oxygens (including phenoxy) is 1. The second kappa shape index (κ2) is 4.51. The zero-order valence-electron chi connectivity index (χ0n) is 11.4. The van der Waals surface area contributed by atoms with Crippen LogP contribution in [0.5, 0.6) is 0 Å². The van der Waals surface area contributed by atoms with Gasteiger partial charge in [0.2, 0.25) is 0 Å². The third-order valence-electron chi connectivity index (χ3n) is 4.47. The van der Waals surface area contributed by atoms with E-state index in [4.69, 9.17) is 9.84 Å². The van der Waals surface area contributed by atoms with Crippen molar-refractivity contribution >= 4 is 12.1 Å². The molecule has 5 heteroatoms. The van der Waals surface area contributed by atoms with Crippen LogP contribution in [0, 0.1) is 5.41 Å². The average molecular weight is 275 g/mol. The Kier molecular flexibility index (Phi) is 2.92. The molecule has 2 aliphatic rings. The first-order valence-corrected chi connectivity index (χ1v) is 6.71. The third kappa shape index (κ3) is 2.03. The van der Waals surface area contributed by atoms with Crippen LogP contribution in [0.4, 0.5) is 4.79 Å². The van der Waals surface area contributed by atoms with Gasteiger partial charge in [0.15, 0.2) is 0 Å². The molecule has 1 aliphatic carbocycles. The van der Waals surface area contributed by atoms with Gasteiger partial charge in [-0.25, -0.2) is 9.59 Å². The molecule has 1 heterocycles. The molecule has 1 amide bonds. The maximum Gasteiger partial charge on any atom is 0.407 e. The number of carbonyl (C=O) groups is 2. The van der Waals surface area contributed by atoms with Gasteiger partial charge in [-0.15, -0.1) is 0 Å². The summed E-state index contributed by atoms with van der Waals surface area (Å²) in [6.07, 6.45) is 1.79. The SMILES string of the molecule is COC(=O)c1ccc2c(c1)C[C@]1(CCN(C(=O)O)C1)C2. The van der Waals surface area contributed by atoms with Crippen LogP contribution in [0.2, 0.25) is 0 Å². The number of carboxylic acid groups (broad SMARTS) is 1. The predicted molar refractivity (Wildman–Crippen MR) is 71.8 cm³/mol. The van der Waals surface area contributed by atoms with Crippen molar-refractivity contribution in [2.45, 2.75) is 19.3 Å². The van der Waals surface area contributed by atoms with E-state index in [1.807, 2.05) is 12.1 Å². The van der Waals surface area contributed by atoms with Gasteiger partial charge in [0.25, 0.3) is 0 Å². The Morgan fingerprint density at radius 2 is 2.05 bits per heavy atom. The fraction of sp³-hybridized carbons (Fsp3) is 0.467. The highest BCUT2D eigenvalue weighted by Gasteiger charge is 2.44. The molecule has 20 heavy (non-hydrogen) atoms. The smallest absolute Gasteiger partial charge is 0.407 e. The van der Waals surface area contributed by atoms with Crippen molar-refractivity contribution in [2.24, 2.45) is 5.41 Å². The summed E-state index contributed by atoms with van der Waals surface area (Å²) < 4.78 is 4.74. The summed E-state index contributed by atoms with van der Waals surface area (Å²) in [6, 6.07) is 5.65. The molecule has 0 bridgehead atoms. The van der Waals surface area contributed by atoms with Gasteiger partial charge < -0.3 is 14.7 Å². The van der Waals surface area contributed by atoms with Gasteiger partial charge in [0, 0.05) is 13.1 Å². The number of methoxy groups -OCH3 is 1. The fourth-order valence-corrected chi connectivity index (χ4v) is 3.47. The molecule has 1 atom stereocenters. The fourth-order valence-electron chi connectivity index (χ4n) is 3.47. The molecule has 0 unspecified atom stereocenters. The first kappa shape index (κ1) is 13.0. The van der Waals surface area contributed by atoms with Crippen LogP contribution < -0.4 is 0 Å². The number of fused-ring (bicyclic) bond motifs is 1. The van der Waals surface area contributed by atoms with E-state index in [1.54, 1.807) is 6.07 Å². The first-order valence-electron chi connectivity index (χ1n) is 6.71. The van der Waals surface area contributed by atoms with Crippen LogP contribution in [0.15, 0.2) is 18.2 Å². The number of esters is 1. The Morgan fingerprint density at radius 1 is 1.30 bits per heavy atom. The maximum atomic E-state index is 11.6. The van der Waals surface area contributed by atoms with E-state index < -0.39 is 6.09 Å². The number of hydrogen-bond donors (Lipinski definition) is 1. The second-order valence-corrected chi connectivity index (χ2v) is 5.78. The molecule has 3 rings (SSSR count). The standard InChI is InChI=1S/C15H17NO4/c1-20-13(17)10-2-3-11-7-15(8-12(11)6-10)4-5-16(9-15)14(18)19/h2-3,6H,4-5,7-9H2,1H3,(H,18,19)/t15-/m0/s1. The molecule has 106 valence electrons. The van der Waals surface area contributed by atoms with E-state index in [0.29, 0.717) is 18.7 Å². The molecule has 1 spiro atoms. The van der Waals surface area contributed by atoms with Crippen molar-refractivity contribution in [3.8, 4) is 0 Å². The van der Waals surface area contributed by atoms with Gasteiger partial charge in [0.1, 0.15) is 0 Å². The topological polar surface area (TPSA) is 66.8 Å². The minimum absolute atomic E-state index is 0.0233. The lowest BCUT2D eigenvalue weighted by molar-refractivity contribution is 0.0600. The summed E-state index contributed by atoms with van der Waals surface area (Å²) in [5.41, 5.74) is 2.97. The normalized spacial score (nSPS) is 23.9. The van der Waals surface area contributed by atoms with Crippen molar-refractivity contribution in [1.29, 1.82) is 0 Å². The quantitative estimate of drug-likeness (QED) is 0.795. The van der Waals surface area contributed by atoms with E-state index in [9.17, 15) is 9.59 Å². The molecule has 1 saturated heterocycles. The Hall–Kier alpha value is -2.04. The molecule has 0 aromatic heterocycles. The highest BCUT2D eigenvalue weighted by atomic mass is 16.5. The number of benzene rings is 1. The lowest BCUT2D eigenvalue weighted by Crippen LogP contribution is -2.31. The molecular weight excluding hydrogens is 258 g/mol. The van der Waals surface area contributed by atoms with Crippen molar-refractivity contribution in [2.75, 3.05) is 20.2 Å². The Morgan fingerprint density at radius 3 is 2.70 bits per heavy atom. The first-order chi connectivity index (χ1) is 9.53. The lowest BCUT2D eigenvalue weighted by atomic mass is 9.84. The molecule has 1 aromatic rings. The molecule has 1 aromatic carbocycles. The molecular formula is C15H17NO4. The van der Waals surface area contributed by atoms with Crippen LogP contribution in [0.1, 0.15) is 27.9 Å². The number of nitrogens with zero attached hydrogens (tertiary/aromatic N) is 1. The summed E-state index contributed by atoms with van der Waals surface area (Å²) in [5.74, 6) is -0.327. The largest absolute Gasteiger partial charge is 0.465 e. The molecule has 0 radical (unpaired) electrons. The van der Waals surface area contributed by atoms with E-state index in [2.05, 4.69) is 0 Å². The predicted octanol–water partition coefficient (Wildman–Crippen LogP) is 1.94. The number of likely N-dealkylation sites (tertiary alicyclic amines) is 1. The third-order valence-corrected chi connectivity index (χ3v) is 4.47. The Bertz CT molecular complexity index is 583. The van der Waals surface area contributed by atoms with Gasteiger partial charge in [-0.2, -0.15) is 0 Å². The van der Waals surface area contributed by atoms with Gasteiger partial charge in [-0.3, -0.25) is 0 Å². The van der Waals surface area contributed by atoms with Crippen LogP contribution in [-0.4, -0.2) is 42.3 Å². The van der Waals surface area contributed by atoms with Gasteiger partial charge in [-0.05, 0) is 47.9 Å². The molecule has 5 nitrogen and oxygen atoms in total. The van der Waals surface area contributed by atoms with E-state index in [1.165, 1.54) is 17.6 Å². The second-order valence-electron chi connectivity index (χ2n) is 5.78. The van der Waals surface area contributed by atoms with Gasteiger partial charge in [0.05, 0.1) is 12.7 Å². The minimum Gasteiger partial charge on any atom is -0.465 e. The molecule has 1 fully saturated rings. The van der Waals surface area contributed by atoms with E-state index >= 15 is 0 Å². The van der Waals surface area contributed by atoms with Crippen LogP contribution >= 0.6 is 0 Å². The Balaban J connectivity index is 1.82. The molecule has 1 aliphatic heterocycles. The maximum absolute atomic E-state index is 11.6. The van der Waals surface area contributed by atoms with Crippen molar-refractivity contribution < 1.29 is 19.4 Å². The van der Waals surface area contributed by atoms with Crippen molar-refractivity contribution in [1.82, 2.24) is 4.90 Å². The van der Waals surface area contributed by atoms with Crippen LogP contribution in [0.3, 0.4) is 0 Å². The van der Waals surface area contributed by atoms with E-state index in [-0.39, 0.29) is 11.4 Å². The number of hydrogen-bond acceptors (Lipinski definition) is 3. The lowest BCUT2D eigenvalue weighted by Gasteiger charge is -2.22. The number of rotatable bonds is 1. The average Bonchev–Trinajstić information content (AvgIpc) is 3.00. The highest BCUT2D eigenvalue weighted by Crippen LogP contribution is 2.44. The van der Waals surface area contributed by atoms with Crippen molar-refractivity contribution in [3.05, 3.63) is 34.9 Å². The monoisotopic (exact) mass is 275 g/mol.